The van der Waals surface area contributed by atoms with E-state index in [9.17, 15) is 23.2 Å². The highest BCUT2D eigenvalue weighted by Crippen LogP contribution is 2.42. The van der Waals surface area contributed by atoms with Gasteiger partial charge in [-0.05, 0) is 35.7 Å². The van der Waals surface area contributed by atoms with Gasteiger partial charge in [0.25, 0.3) is 0 Å². The zero-order valence-corrected chi connectivity index (χ0v) is 15.0. The molecule has 2 aromatic rings. The Labute approximate surface area is 152 Å². The molecule has 0 bridgehead atoms. The quantitative estimate of drug-likeness (QED) is 0.872. The fourth-order valence-corrected chi connectivity index (χ4v) is 4.89. The first-order valence-electron chi connectivity index (χ1n) is 8.30. The molecule has 3 rings (SSSR count). The van der Waals surface area contributed by atoms with Crippen molar-refractivity contribution in [1.29, 1.82) is 5.26 Å². The normalized spacial score (nSPS) is 23.2. The van der Waals surface area contributed by atoms with Gasteiger partial charge >= 0.3 is 0 Å². The average Bonchev–Trinajstić information content (AvgIpc) is 2.62. The maximum Gasteiger partial charge on any atom is 0.215 e. The van der Waals surface area contributed by atoms with Crippen LogP contribution in [0.25, 0.3) is 11.1 Å². The molecule has 3 atom stereocenters. The third-order valence-corrected chi connectivity index (χ3v) is 6.68. The molecule has 26 heavy (non-hydrogen) atoms. The van der Waals surface area contributed by atoms with Crippen LogP contribution in [0.15, 0.2) is 48.5 Å². The molecule has 1 aliphatic heterocycles. The maximum absolute atomic E-state index is 13.4. The molecule has 0 aliphatic carbocycles. The zero-order valence-electron chi connectivity index (χ0n) is 14.2. The largest absolute Gasteiger partial charge is 0.395 e. The third-order valence-electron chi connectivity index (χ3n) is 4.81. The van der Waals surface area contributed by atoms with E-state index in [4.69, 9.17) is 0 Å². The van der Waals surface area contributed by atoms with Gasteiger partial charge in [0.15, 0.2) is 0 Å². The van der Waals surface area contributed by atoms with Gasteiger partial charge in [-0.3, -0.25) is 0 Å². The molecule has 2 aromatic carbocycles. The molecule has 0 unspecified atom stereocenters. The van der Waals surface area contributed by atoms with Gasteiger partial charge in [0.1, 0.15) is 11.9 Å². The van der Waals surface area contributed by atoms with Crippen molar-refractivity contribution >= 4 is 10.0 Å². The van der Waals surface area contributed by atoms with E-state index in [1.165, 1.54) is 19.1 Å². The van der Waals surface area contributed by atoms with Gasteiger partial charge < -0.3 is 5.11 Å². The summed E-state index contributed by atoms with van der Waals surface area (Å²) in [4.78, 5) is 0. The van der Waals surface area contributed by atoms with Crippen molar-refractivity contribution in [2.45, 2.75) is 24.9 Å². The van der Waals surface area contributed by atoms with Crippen molar-refractivity contribution in [1.82, 2.24) is 4.31 Å². The van der Waals surface area contributed by atoms with E-state index in [1.807, 2.05) is 18.2 Å². The summed E-state index contributed by atoms with van der Waals surface area (Å²) < 4.78 is 38.9. The second-order valence-corrected chi connectivity index (χ2v) is 8.38. The Bertz CT molecular complexity index is 938. The van der Waals surface area contributed by atoms with Crippen LogP contribution in [0.3, 0.4) is 0 Å². The van der Waals surface area contributed by atoms with Crippen LogP contribution in [0.5, 0.6) is 0 Å². The second-order valence-electron chi connectivity index (χ2n) is 6.21. The smallest absolute Gasteiger partial charge is 0.215 e. The predicted molar refractivity (Wildman–Crippen MR) is 96.2 cm³/mol. The molecular formula is C19H19FN2O3S. The van der Waals surface area contributed by atoms with Crippen molar-refractivity contribution in [2.75, 3.05) is 12.4 Å². The standard InChI is InChI=1S/C19H19FN2O3S/c1-2-26(24,25)22-17(11-21)19(18(22)12-23)14-8-6-13(7-9-14)15-4-3-5-16(20)10-15/h3-10,17-19,23H,2,12H2,1H3/t17-,18+,19+/m1/s1. The summed E-state index contributed by atoms with van der Waals surface area (Å²) in [7, 11) is -3.57. The number of benzene rings is 2. The number of nitrogens with zero attached hydrogens (tertiary/aromatic N) is 2. The maximum atomic E-state index is 13.4. The summed E-state index contributed by atoms with van der Waals surface area (Å²) in [6.07, 6.45) is 0. The molecule has 7 heteroatoms. The van der Waals surface area contributed by atoms with Crippen LogP contribution in [0.4, 0.5) is 4.39 Å². The van der Waals surface area contributed by atoms with E-state index in [1.54, 1.807) is 24.3 Å². The van der Waals surface area contributed by atoms with E-state index < -0.39 is 28.0 Å². The van der Waals surface area contributed by atoms with Crippen molar-refractivity contribution in [3.63, 3.8) is 0 Å². The van der Waals surface area contributed by atoms with Gasteiger partial charge in [-0.25, -0.2) is 12.8 Å². The van der Waals surface area contributed by atoms with Gasteiger partial charge in [0, 0.05) is 5.92 Å². The number of hydrogen-bond donors (Lipinski definition) is 1. The summed E-state index contributed by atoms with van der Waals surface area (Å²) in [6.45, 7) is 1.16. The Kier molecular flexibility index (Phi) is 5.10. The van der Waals surface area contributed by atoms with Crippen molar-refractivity contribution in [3.8, 4) is 17.2 Å². The van der Waals surface area contributed by atoms with Crippen LogP contribution in [0.2, 0.25) is 0 Å². The minimum Gasteiger partial charge on any atom is -0.395 e. The molecule has 0 amide bonds. The Hall–Kier alpha value is -2.27. The lowest BCUT2D eigenvalue weighted by molar-refractivity contribution is 0.0558. The first kappa shape index (κ1) is 18.5. The van der Waals surface area contributed by atoms with E-state index in [0.717, 1.165) is 21.0 Å². The first-order valence-corrected chi connectivity index (χ1v) is 9.91. The number of nitriles is 1. The highest BCUT2D eigenvalue weighted by atomic mass is 32.2. The van der Waals surface area contributed by atoms with Crippen LogP contribution < -0.4 is 0 Å². The Morgan fingerprint density at radius 3 is 2.42 bits per heavy atom. The minimum atomic E-state index is -3.57. The number of aliphatic hydroxyl groups is 1. The predicted octanol–water partition coefficient (Wildman–Crippen LogP) is 2.49. The topological polar surface area (TPSA) is 81.4 Å². The first-order chi connectivity index (χ1) is 12.4. The molecule has 5 nitrogen and oxygen atoms in total. The van der Waals surface area contributed by atoms with Crippen molar-refractivity contribution in [2.24, 2.45) is 0 Å². The molecule has 0 spiro atoms. The van der Waals surface area contributed by atoms with Crippen LogP contribution >= 0.6 is 0 Å². The van der Waals surface area contributed by atoms with Gasteiger partial charge in [-0.2, -0.15) is 9.57 Å². The Morgan fingerprint density at radius 1 is 1.19 bits per heavy atom. The molecular weight excluding hydrogens is 355 g/mol. The highest BCUT2D eigenvalue weighted by molar-refractivity contribution is 7.89. The molecule has 1 heterocycles. The molecule has 1 aliphatic rings. The summed E-state index contributed by atoms with van der Waals surface area (Å²) >= 11 is 0. The Balaban J connectivity index is 1.90. The lowest BCUT2D eigenvalue weighted by Crippen LogP contribution is -2.65. The number of halogens is 1. The molecule has 136 valence electrons. The Morgan fingerprint density at radius 2 is 1.88 bits per heavy atom. The third kappa shape index (κ3) is 3.12. The number of sulfonamides is 1. The van der Waals surface area contributed by atoms with Crippen LogP contribution in [-0.2, 0) is 10.0 Å². The van der Waals surface area contributed by atoms with E-state index in [2.05, 4.69) is 0 Å². The lowest BCUT2D eigenvalue weighted by Gasteiger charge is -2.50. The van der Waals surface area contributed by atoms with Gasteiger partial charge in [-0.1, -0.05) is 36.4 Å². The van der Waals surface area contributed by atoms with Gasteiger partial charge in [0.05, 0.1) is 24.5 Å². The van der Waals surface area contributed by atoms with E-state index >= 15 is 0 Å². The summed E-state index contributed by atoms with van der Waals surface area (Å²) in [6, 6.07) is 14.0. The van der Waals surface area contributed by atoms with Crippen LogP contribution in [0.1, 0.15) is 18.4 Å². The summed E-state index contributed by atoms with van der Waals surface area (Å²) in [5, 5.41) is 19.1. The molecule has 0 aromatic heterocycles. The van der Waals surface area contributed by atoms with Gasteiger partial charge in [0.2, 0.25) is 10.0 Å². The lowest BCUT2D eigenvalue weighted by atomic mass is 9.78. The molecule has 0 radical (unpaired) electrons. The summed E-state index contributed by atoms with van der Waals surface area (Å²) in [5.41, 5.74) is 2.33. The minimum absolute atomic E-state index is 0.118. The second kappa shape index (κ2) is 7.16. The molecule has 1 N–H and O–H groups in total. The number of aliphatic hydroxyl groups excluding tert-OH is 1. The fourth-order valence-electron chi connectivity index (χ4n) is 3.46. The van der Waals surface area contributed by atoms with Crippen LogP contribution in [-0.4, -0.2) is 42.3 Å². The molecule has 0 saturated carbocycles. The summed E-state index contributed by atoms with van der Waals surface area (Å²) in [5.74, 6) is -0.837. The number of rotatable bonds is 5. The SMILES string of the molecule is CCS(=O)(=O)N1[C@H](C#N)[C@H](c2ccc(-c3cccc(F)c3)cc2)[C@@H]1CO. The number of hydrogen-bond acceptors (Lipinski definition) is 4. The zero-order chi connectivity index (χ0) is 18.9. The highest BCUT2D eigenvalue weighted by Gasteiger charge is 2.54. The van der Waals surface area contributed by atoms with E-state index in [-0.39, 0.29) is 18.2 Å². The van der Waals surface area contributed by atoms with Crippen molar-refractivity contribution < 1.29 is 17.9 Å². The van der Waals surface area contributed by atoms with Gasteiger partial charge in [-0.15, -0.1) is 0 Å². The molecule has 1 fully saturated rings. The average molecular weight is 374 g/mol. The molecule has 1 saturated heterocycles. The van der Waals surface area contributed by atoms with Crippen LogP contribution in [0, 0.1) is 17.1 Å². The van der Waals surface area contributed by atoms with E-state index in [0.29, 0.717) is 0 Å². The fraction of sp³-hybridized carbons (Fsp3) is 0.316. The van der Waals surface area contributed by atoms with Crippen molar-refractivity contribution in [3.05, 3.63) is 59.9 Å². The monoisotopic (exact) mass is 374 g/mol.